The maximum atomic E-state index is 12.6. The fourth-order valence-electron chi connectivity index (χ4n) is 3.07. The molecule has 1 amide bonds. The van der Waals surface area contributed by atoms with Gasteiger partial charge in [-0.15, -0.1) is 11.3 Å². The van der Waals surface area contributed by atoms with Crippen molar-refractivity contribution in [3.63, 3.8) is 0 Å². The van der Waals surface area contributed by atoms with Crippen molar-refractivity contribution in [1.82, 2.24) is 10.3 Å². The average molecular weight is 484 g/mol. The Hall–Kier alpha value is -3.20. The monoisotopic (exact) mass is 483 g/mol. The number of para-hydroxylation sites is 1. The Kier molecular flexibility index (Phi) is 6.55. The van der Waals surface area contributed by atoms with Crippen LogP contribution in [0.3, 0.4) is 0 Å². The van der Waals surface area contributed by atoms with Crippen molar-refractivity contribution < 1.29 is 14.3 Å². The van der Waals surface area contributed by atoms with Crippen molar-refractivity contribution in [1.29, 1.82) is 0 Å². The summed E-state index contributed by atoms with van der Waals surface area (Å²) in [6, 6.07) is 18.3. The second kappa shape index (κ2) is 9.52. The van der Waals surface area contributed by atoms with E-state index in [0.717, 1.165) is 20.8 Å². The summed E-state index contributed by atoms with van der Waals surface area (Å²) in [7, 11) is 3.03. The summed E-state index contributed by atoms with van der Waals surface area (Å²) in [6.45, 7) is 0. The van der Waals surface area contributed by atoms with Gasteiger partial charge < -0.3 is 14.8 Å². The second-order valence-corrected chi connectivity index (χ2v) is 8.50. The van der Waals surface area contributed by atoms with Crippen LogP contribution < -0.4 is 20.1 Å². The van der Waals surface area contributed by atoms with E-state index < -0.39 is 5.91 Å². The predicted octanol–water partition coefficient (Wildman–Crippen LogP) is 5.76. The third kappa shape index (κ3) is 4.67. The van der Waals surface area contributed by atoms with Gasteiger partial charge in [0.2, 0.25) is 0 Å². The highest BCUT2D eigenvalue weighted by molar-refractivity contribution is 7.80. The SMILES string of the molecule is COc1ccc(C(=O)NC(=S)Nc2ccc(-c3nc4ccccc4s3)c(Cl)c2)c(OC)c1. The standard InChI is InChI=1S/C23H18ClN3O3S2/c1-29-14-8-10-16(19(12-14)30-2)21(28)27-23(31)25-13-7-9-15(17(24)11-13)22-26-18-5-3-4-6-20(18)32-22/h3-12H,1-2H3,(H2,25,27,28,31). The molecule has 162 valence electrons. The number of methoxy groups -OCH3 is 2. The molecule has 0 unspecified atom stereocenters. The zero-order valence-electron chi connectivity index (χ0n) is 17.1. The van der Waals surface area contributed by atoms with E-state index in [9.17, 15) is 4.79 Å². The summed E-state index contributed by atoms with van der Waals surface area (Å²) in [4.78, 5) is 17.3. The molecular formula is C23H18ClN3O3S2. The van der Waals surface area contributed by atoms with Crippen LogP contribution >= 0.6 is 35.2 Å². The number of nitrogens with zero attached hydrogens (tertiary/aromatic N) is 1. The van der Waals surface area contributed by atoms with Gasteiger partial charge in [-0.3, -0.25) is 10.1 Å². The highest BCUT2D eigenvalue weighted by Crippen LogP contribution is 2.35. The van der Waals surface area contributed by atoms with Gasteiger partial charge in [-0.25, -0.2) is 4.98 Å². The Morgan fingerprint density at radius 2 is 1.88 bits per heavy atom. The summed E-state index contributed by atoms with van der Waals surface area (Å²) in [5.74, 6) is 0.564. The lowest BCUT2D eigenvalue weighted by Gasteiger charge is -2.13. The maximum Gasteiger partial charge on any atom is 0.261 e. The smallest absolute Gasteiger partial charge is 0.261 e. The fourth-order valence-corrected chi connectivity index (χ4v) is 4.61. The molecule has 0 aliphatic rings. The molecular weight excluding hydrogens is 466 g/mol. The van der Waals surface area contributed by atoms with Crippen molar-refractivity contribution in [3.8, 4) is 22.1 Å². The van der Waals surface area contributed by atoms with Gasteiger partial charge >= 0.3 is 0 Å². The molecule has 0 saturated heterocycles. The second-order valence-electron chi connectivity index (χ2n) is 6.66. The quantitative estimate of drug-likeness (QED) is 0.351. The number of hydrogen-bond acceptors (Lipinski definition) is 6. The number of thiazole rings is 1. The summed E-state index contributed by atoms with van der Waals surface area (Å²) < 4.78 is 11.5. The molecule has 1 aromatic heterocycles. The largest absolute Gasteiger partial charge is 0.497 e. The number of carbonyl (C=O) groups excluding carboxylic acids is 1. The lowest BCUT2D eigenvalue weighted by Crippen LogP contribution is -2.34. The Labute approximate surface area is 199 Å². The number of anilines is 1. The van der Waals surface area contributed by atoms with Crippen LogP contribution in [0, 0.1) is 0 Å². The van der Waals surface area contributed by atoms with Gasteiger partial charge in [0.1, 0.15) is 16.5 Å². The van der Waals surface area contributed by atoms with Crippen LogP contribution in [0.1, 0.15) is 10.4 Å². The predicted molar refractivity (Wildman–Crippen MR) is 133 cm³/mol. The van der Waals surface area contributed by atoms with Gasteiger partial charge in [0.05, 0.1) is 35.0 Å². The van der Waals surface area contributed by atoms with Gasteiger partial charge in [-0.1, -0.05) is 23.7 Å². The minimum Gasteiger partial charge on any atom is -0.497 e. The van der Waals surface area contributed by atoms with E-state index in [2.05, 4.69) is 15.6 Å². The zero-order chi connectivity index (χ0) is 22.7. The molecule has 0 atom stereocenters. The Morgan fingerprint density at radius 1 is 1.06 bits per heavy atom. The van der Waals surface area contributed by atoms with Crippen molar-refractivity contribution in [2.24, 2.45) is 0 Å². The maximum absolute atomic E-state index is 12.6. The number of thiocarbonyl (C=S) groups is 1. The molecule has 0 saturated carbocycles. The molecule has 2 N–H and O–H groups in total. The van der Waals surface area contributed by atoms with Gasteiger partial charge in [-0.2, -0.15) is 0 Å². The molecule has 0 aliphatic heterocycles. The van der Waals surface area contributed by atoms with E-state index in [4.69, 9.17) is 33.3 Å². The van der Waals surface area contributed by atoms with Crippen LogP contribution in [0.25, 0.3) is 20.8 Å². The van der Waals surface area contributed by atoms with Crippen LogP contribution in [-0.2, 0) is 0 Å². The summed E-state index contributed by atoms with van der Waals surface area (Å²) in [6.07, 6.45) is 0. The minimum absolute atomic E-state index is 0.136. The summed E-state index contributed by atoms with van der Waals surface area (Å²) >= 11 is 13.4. The van der Waals surface area contributed by atoms with Crippen molar-refractivity contribution >= 4 is 62.1 Å². The van der Waals surface area contributed by atoms with E-state index in [1.165, 1.54) is 7.11 Å². The van der Waals surface area contributed by atoms with E-state index in [1.54, 1.807) is 42.7 Å². The molecule has 0 bridgehead atoms. The van der Waals surface area contributed by atoms with Crippen molar-refractivity contribution in [2.75, 3.05) is 19.5 Å². The van der Waals surface area contributed by atoms with Gasteiger partial charge in [0.15, 0.2) is 5.11 Å². The molecule has 0 spiro atoms. The molecule has 4 rings (SSSR count). The first-order valence-corrected chi connectivity index (χ1v) is 11.1. The molecule has 0 fully saturated rings. The molecule has 0 radical (unpaired) electrons. The third-order valence-corrected chi connectivity index (χ3v) is 6.22. The Balaban J connectivity index is 1.47. The Bertz CT molecular complexity index is 1290. The number of nitrogens with one attached hydrogen (secondary N) is 2. The fraction of sp³-hybridized carbons (Fsp3) is 0.0870. The van der Waals surface area contributed by atoms with Crippen LogP contribution in [-0.4, -0.2) is 30.2 Å². The molecule has 1 heterocycles. The first kappa shape index (κ1) is 22.0. The molecule has 6 nitrogen and oxygen atoms in total. The number of fused-ring (bicyclic) bond motifs is 1. The van der Waals surface area contributed by atoms with E-state index in [-0.39, 0.29) is 5.11 Å². The van der Waals surface area contributed by atoms with Crippen molar-refractivity contribution in [3.05, 3.63) is 71.2 Å². The number of ether oxygens (including phenoxy) is 2. The molecule has 0 aliphatic carbocycles. The highest BCUT2D eigenvalue weighted by atomic mass is 35.5. The molecule has 4 aromatic rings. The van der Waals surface area contributed by atoms with E-state index >= 15 is 0 Å². The first-order valence-electron chi connectivity index (χ1n) is 9.48. The summed E-state index contributed by atoms with van der Waals surface area (Å²) in [5, 5.41) is 7.13. The van der Waals surface area contributed by atoms with Gasteiger partial charge in [0, 0.05) is 17.3 Å². The van der Waals surface area contributed by atoms with Crippen LogP contribution in [0.5, 0.6) is 11.5 Å². The first-order chi connectivity index (χ1) is 15.5. The van der Waals surface area contributed by atoms with Gasteiger partial charge in [-0.05, 0) is 54.7 Å². The van der Waals surface area contributed by atoms with E-state index in [0.29, 0.717) is 27.8 Å². The summed E-state index contributed by atoms with van der Waals surface area (Å²) in [5.41, 5.74) is 2.74. The lowest BCUT2D eigenvalue weighted by atomic mass is 10.2. The topological polar surface area (TPSA) is 72.5 Å². The number of halogens is 1. The molecule has 3 aromatic carbocycles. The third-order valence-electron chi connectivity index (χ3n) is 4.63. The number of amides is 1. The number of carbonyl (C=O) groups is 1. The highest BCUT2D eigenvalue weighted by Gasteiger charge is 2.15. The van der Waals surface area contributed by atoms with Crippen LogP contribution in [0.4, 0.5) is 5.69 Å². The number of benzene rings is 3. The Morgan fingerprint density at radius 3 is 2.59 bits per heavy atom. The number of rotatable bonds is 5. The average Bonchev–Trinajstić information content (AvgIpc) is 3.22. The van der Waals surface area contributed by atoms with Crippen LogP contribution in [0.2, 0.25) is 5.02 Å². The van der Waals surface area contributed by atoms with Crippen LogP contribution in [0.15, 0.2) is 60.7 Å². The molecule has 32 heavy (non-hydrogen) atoms. The van der Waals surface area contributed by atoms with Gasteiger partial charge in [0.25, 0.3) is 5.91 Å². The minimum atomic E-state index is -0.404. The molecule has 9 heteroatoms. The number of hydrogen-bond donors (Lipinski definition) is 2. The van der Waals surface area contributed by atoms with Crippen molar-refractivity contribution in [2.45, 2.75) is 0 Å². The zero-order valence-corrected chi connectivity index (χ0v) is 19.5. The van der Waals surface area contributed by atoms with E-state index in [1.807, 2.05) is 36.4 Å². The normalized spacial score (nSPS) is 10.6. The number of aromatic nitrogens is 1. The lowest BCUT2D eigenvalue weighted by molar-refractivity contribution is 0.0974.